The fourth-order valence-electron chi connectivity index (χ4n) is 3.07. The number of rotatable bonds is 3. The first-order chi connectivity index (χ1) is 9.14. The summed E-state index contributed by atoms with van der Waals surface area (Å²) in [5.41, 5.74) is -2.57. The van der Waals surface area contributed by atoms with E-state index in [-0.39, 0.29) is 5.97 Å². The van der Waals surface area contributed by atoms with Crippen molar-refractivity contribution in [3.8, 4) is 0 Å². The summed E-state index contributed by atoms with van der Waals surface area (Å²) >= 11 is 0. The fourth-order valence-corrected chi connectivity index (χ4v) is 3.07. The van der Waals surface area contributed by atoms with E-state index < -0.39 is 34.3 Å². The van der Waals surface area contributed by atoms with Crippen LogP contribution in [0.3, 0.4) is 0 Å². The van der Waals surface area contributed by atoms with Crippen molar-refractivity contribution in [2.75, 3.05) is 14.2 Å². The number of esters is 3. The maximum absolute atomic E-state index is 12.1. The molecule has 2 atom stereocenters. The van der Waals surface area contributed by atoms with Gasteiger partial charge in [-0.3, -0.25) is 14.4 Å². The lowest BCUT2D eigenvalue weighted by molar-refractivity contribution is -0.163. The van der Waals surface area contributed by atoms with Crippen LogP contribution in [0.5, 0.6) is 0 Å². The van der Waals surface area contributed by atoms with E-state index in [0.717, 1.165) is 0 Å². The first-order valence-electron chi connectivity index (χ1n) is 6.54. The summed E-state index contributed by atoms with van der Waals surface area (Å²) in [5.74, 6) is -2.06. The van der Waals surface area contributed by atoms with Crippen LogP contribution in [0.25, 0.3) is 0 Å². The summed E-state index contributed by atoms with van der Waals surface area (Å²) in [5, 5.41) is 0. The van der Waals surface area contributed by atoms with Crippen molar-refractivity contribution in [3.05, 3.63) is 0 Å². The van der Waals surface area contributed by atoms with Gasteiger partial charge in [-0.15, -0.1) is 0 Å². The van der Waals surface area contributed by atoms with E-state index in [1.807, 2.05) is 0 Å². The quantitative estimate of drug-likeness (QED) is 0.438. The van der Waals surface area contributed by atoms with Gasteiger partial charge < -0.3 is 14.2 Å². The second kappa shape index (κ2) is 4.20. The van der Waals surface area contributed by atoms with Crippen LogP contribution in [0, 0.1) is 16.7 Å². The average Bonchev–Trinajstić information content (AvgIpc) is 3.23. The summed E-state index contributed by atoms with van der Waals surface area (Å²) in [6, 6.07) is 0. The number of hydrogen-bond acceptors (Lipinski definition) is 6. The molecule has 20 heavy (non-hydrogen) atoms. The zero-order valence-electron chi connectivity index (χ0n) is 12.4. The van der Waals surface area contributed by atoms with E-state index in [4.69, 9.17) is 14.2 Å². The van der Waals surface area contributed by atoms with Gasteiger partial charge in [-0.2, -0.15) is 0 Å². The van der Waals surface area contributed by atoms with Gasteiger partial charge in [0.2, 0.25) is 0 Å². The lowest BCUT2D eigenvalue weighted by Crippen LogP contribution is -2.32. The van der Waals surface area contributed by atoms with Crippen molar-refractivity contribution >= 4 is 17.9 Å². The van der Waals surface area contributed by atoms with Crippen molar-refractivity contribution in [1.82, 2.24) is 0 Å². The van der Waals surface area contributed by atoms with E-state index in [0.29, 0.717) is 12.8 Å². The average molecular weight is 284 g/mol. The summed E-state index contributed by atoms with van der Waals surface area (Å²) in [7, 11) is 2.45. The molecule has 0 saturated heterocycles. The summed E-state index contributed by atoms with van der Waals surface area (Å²) < 4.78 is 14.7. The van der Waals surface area contributed by atoms with Crippen LogP contribution >= 0.6 is 0 Å². The molecule has 0 aromatic carbocycles. The molecule has 2 aliphatic carbocycles. The Labute approximate surface area is 117 Å². The normalized spacial score (nSPS) is 29.6. The first kappa shape index (κ1) is 14.8. The molecule has 6 heteroatoms. The highest BCUT2D eigenvalue weighted by molar-refractivity contribution is 6.07. The minimum atomic E-state index is -1.32. The number of carbonyl (C=O) groups is 3. The molecule has 2 fully saturated rings. The lowest BCUT2D eigenvalue weighted by atomic mass is 10.0. The molecular weight excluding hydrogens is 264 g/mol. The number of methoxy groups -OCH3 is 2. The van der Waals surface area contributed by atoms with Gasteiger partial charge in [-0.1, -0.05) is 0 Å². The Bertz CT molecular complexity index is 459. The maximum Gasteiger partial charge on any atom is 0.323 e. The van der Waals surface area contributed by atoms with E-state index in [1.165, 1.54) is 14.2 Å². The second-order valence-electron chi connectivity index (χ2n) is 6.51. The molecule has 2 saturated carbocycles. The van der Waals surface area contributed by atoms with Crippen molar-refractivity contribution in [3.63, 3.8) is 0 Å². The molecule has 0 heterocycles. The molecule has 0 aromatic rings. The van der Waals surface area contributed by atoms with Crippen molar-refractivity contribution in [2.45, 2.75) is 39.2 Å². The van der Waals surface area contributed by atoms with Crippen molar-refractivity contribution in [1.29, 1.82) is 0 Å². The molecule has 0 unspecified atom stereocenters. The monoisotopic (exact) mass is 284 g/mol. The maximum atomic E-state index is 12.1. The Kier molecular flexibility index (Phi) is 3.11. The Morgan fingerprint density at radius 3 is 1.95 bits per heavy atom. The highest BCUT2D eigenvalue weighted by atomic mass is 16.6. The van der Waals surface area contributed by atoms with Crippen LogP contribution in [-0.2, 0) is 28.6 Å². The molecule has 2 rings (SSSR count). The van der Waals surface area contributed by atoms with Crippen LogP contribution in [0.15, 0.2) is 0 Å². The van der Waals surface area contributed by atoms with E-state index >= 15 is 0 Å². The molecule has 2 aliphatic rings. The van der Waals surface area contributed by atoms with Gasteiger partial charge in [0.25, 0.3) is 0 Å². The zero-order chi connectivity index (χ0) is 15.3. The topological polar surface area (TPSA) is 78.9 Å². The SMILES string of the molecule is COC(=O)C1(C(=O)OC)C[C@@]12C[C@@H]2C(=O)OC(C)(C)C. The zero-order valence-corrected chi connectivity index (χ0v) is 12.4. The lowest BCUT2D eigenvalue weighted by Gasteiger charge is -2.19. The van der Waals surface area contributed by atoms with Crippen LogP contribution in [-0.4, -0.2) is 37.7 Å². The Morgan fingerprint density at radius 1 is 1.05 bits per heavy atom. The molecule has 0 aromatic heterocycles. The third kappa shape index (κ3) is 1.89. The van der Waals surface area contributed by atoms with E-state index in [9.17, 15) is 14.4 Å². The van der Waals surface area contributed by atoms with Gasteiger partial charge in [-0.25, -0.2) is 0 Å². The fraction of sp³-hybridized carbons (Fsp3) is 0.786. The highest BCUT2D eigenvalue weighted by Gasteiger charge is 2.89. The van der Waals surface area contributed by atoms with E-state index in [2.05, 4.69) is 0 Å². The Hall–Kier alpha value is -1.59. The van der Waals surface area contributed by atoms with Gasteiger partial charge in [0.1, 0.15) is 5.60 Å². The highest BCUT2D eigenvalue weighted by Crippen LogP contribution is 2.82. The van der Waals surface area contributed by atoms with Crippen LogP contribution in [0.4, 0.5) is 0 Å². The van der Waals surface area contributed by atoms with Gasteiger partial charge in [0, 0.05) is 5.41 Å². The Balaban J connectivity index is 2.15. The number of ether oxygens (including phenoxy) is 3. The van der Waals surface area contributed by atoms with Gasteiger partial charge in [0.15, 0.2) is 5.41 Å². The van der Waals surface area contributed by atoms with Gasteiger partial charge >= 0.3 is 17.9 Å². The summed E-state index contributed by atoms with van der Waals surface area (Å²) in [6.45, 7) is 5.34. The third-order valence-electron chi connectivity index (χ3n) is 4.14. The molecule has 0 amide bonds. The molecule has 112 valence electrons. The molecule has 0 bridgehead atoms. The van der Waals surface area contributed by atoms with Gasteiger partial charge in [-0.05, 0) is 33.6 Å². The van der Waals surface area contributed by atoms with Crippen LogP contribution < -0.4 is 0 Å². The summed E-state index contributed by atoms with van der Waals surface area (Å²) in [6.07, 6.45) is 0.759. The number of carbonyl (C=O) groups excluding carboxylic acids is 3. The number of hydrogen-bond donors (Lipinski definition) is 0. The first-order valence-corrected chi connectivity index (χ1v) is 6.54. The third-order valence-corrected chi connectivity index (χ3v) is 4.14. The molecule has 0 aliphatic heterocycles. The molecule has 0 radical (unpaired) electrons. The predicted octanol–water partition coefficient (Wildman–Crippen LogP) is 1.07. The summed E-state index contributed by atoms with van der Waals surface area (Å²) in [4.78, 5) is 35.9. The van der Waals surface area contributed by atoms with Crippen molar-refractivity contribution < 1.29 is 28.6 Å². The minimum absolute atomic E-state index is 0.295. The van der Waals surface area contributed by atoms with E-state index in [1.54, 1.807) is 20.8 Å². The van der Waals surface area contributed by atoms with Crippen LogP contribution in [0.1, 0.15) is 33.6 Å². The Morgan fingerprint density at radius 2 is 1.55 bits per heavy atom. The molecule has 6 nitrogen and oxygen atoms in total. The van der Waals surface area contributed by atoms with Gasteiger partial charge in [0.05, 0.1) is 20.1 Å². The standard InChI is InChI=1S/C14H20O6/c1-12(2,3)20-9(15)8-6-13(8)7-14(13,10(16)18-4)11(17)19-5/h8H,6-7H2,1-5H3/t8-,13-/m1/s1. The van der Waals surface area contributed by atoms with Crippen molar-refractivity contribution in [2.24, 2.45) is 16.7 Å². The second-order valence-corrected chi connectivity index (χ2v) is 6.51. The van der Waals surface area contributed by atoms with Crippen LogP contribution in [0.2, 0.25) is 0 Å². The largest absolute Gasteiger partial charge is 0.468 e. The molecular formula is C14H20O6. The molecule has 1 spiro atoms. The molecule has 0 N–H and O–H groups in total. The minimum Gasteiger partial charge on any atom is -0.468 e. The smallest absolute Gasteiger partial charge is 0.323 e. The predicted molar refractivity (Wildman–Crippen MR) is 67.5 cm³/mol.